The molecule has 1 heterocycles. The summed E-state index contributed by atoms with van der Waals surface area (Å²) >= 11 is 0. The third-order valence-electron chi connectivity index (χ3n) is 4.05. The van der Waals surface area contributed by atoms with E-state index in [1.54, 1.807) is 19.4 Å². The average molecular weight is 300 g/mol. The van der Waals surface area contributed by atoms with Crippen molar-refractivity contribution in [3.05, 3.63) is 63.1 Å². The molecule has 0 bridgehead atoms. The highest BCUT2D eigenvalue weighted by molar-refractivity contribution is 5.42. The van der Waals surface area contributed by atoms with Crippen LogP contribution in [0.3, 0.4) is 0 Å². The first-order chi connectivity index (χ1) is 10.4. The molecule has 2 N–H and O–H groups in total. The number of aromatic nitrogens is 1. The zero-order valence-corrected chi connectivity index (χ0v) is 13.9. The zero-order chi connectivity index (χ0) is 16.3. The second kappa shape index (κ2) is 6.79. The maximum absolute atomic E-state index is 11.4. The van der Waals surface area contributed by atoms with E-state index in [1.165, 1.54) is 11.1 Å². The number of methoxy groups -OCH3 is 1. The largest absolute Gasteiger partial charge is 0.496 e. The lowest BCUT2D eigenvalue weighted by atomic mass is 9.98. The van der Waals surface area contributed by atoms with Gasteiger partial charge < -0.3 is 15.0 Å². The second-order valence-corrected chi connectivity index (χ2v) is 5.77. The first kappa shape index (κ1) is 16.3. The highest BCUT2D eigenvalue weighted by Gasteiger charge is 2.15. The van der Waals surface area contributed by atoms with Crippen molar-refractivity contribution in [3.63, 3.8) is 0 Å². The van der Waals surface area contributed by atoms with E-state index in [0.717, 1.165) is 16.9 Å². The van der Waals surface area contributed by atoms with Crippen molar-refractivity contribution < 1.29 is 4.74 Å². The monoisotopic (exact) mass is 300 g/mol. The number of H-pyrrole nitrogens is 1. The third-order valence-corrected chi connectivity index (χ3v) is 4.05. The van der Waals surface area contributed by atoms with Gasteiger partial charge in [0.15, 0.2) is 0 Å². The summed E-state index contributed by atoms with van der Waals surface area (Å²) in [5, 5.41) is 3.55. The Morgan fingerprint density at radius 2 is 1.82 bits per heavy atom. The quantitative estimate of drug-likeness (QED) is 0.889. The summed E-state index contributed by atoms with van der Waals surface area (Å²) in [7, 11) is 1.69. The molecule has 0 aliphatic heterocycles. The van der Waals surface area contributed by atoms with Gasteiger partial charge in [0.05, 0.1) is 7.11 Å². The lowest BCUT2D eigenvalue weighted by molar-refractivity contribution is 0.410. The minimum absolute atomic E-state index is 0.0738. The molecule has 0 aliphatic rings. The van der Waals surface area contributed by atoms with E-state index in [0.29, 0.717) is 0 Å². The van der Waals surface area contributed by atoms with Crippen molar-refractivity contribution in [2.45, 2.75) is 39.8 Å². The fourth-order valence-electron chi connectivity index (χ4n) is 2.79. The van der Waals surface area contributed by atoms with Crippen molar-refractivity contribution in [2.75, 3.05) is 7.11 Å². The van der Waals surface area contributed by atoms with Gasteiger partial charge >= 0.3 is 0 Å². The summed E-state index contributed by atoms with van der Waals surface area (Å²) in [6, 6.07) is 8.07. The zero-order valence-electron chi connectivity index (χ0n) is 13.9. The Balaban J connectivity index is 2.20. The Bertz CT molecular complexity index is 706. The number of ether oxygens (including phenoxy) is 1. The summed E-state index contributed by atoms with van der Waals surface area (Å²) in [4.78, 5) is 14.1. The molecule has 0 amide bonds. The number of benzene rings is 1. The van der Waals surface area contributed by atoms with Gasteiger partial charge in [0, 0.05) is 24.3 Å². The molecule has 0 fully saturated rings. The van der Waals surface area contributed by atoms with Crippen LogP contribution in [-0.2, 0) is 0 Å². The molecular formula is C18H24N2O2. The smallest absolute Gasteiger partial charge is 0.248 e. The summed E-state index contributed by atoms with van der Waals surface area (Å²) < 4.78 is 5.37. The minimum atomic E-state index is -0.0738. The van der Waals surface area contributed by atoms with Gasteiger partial charge in [-0.05, 0) is 62.1 Å². The number of nitrogens with one attached hydrogen (secondary N) is 2. The van der Waals surface area contributed by atoms with Crippen LogP contribution in [-0.4, -0.2) is 12.1 Å². The third kappa shape index (κ3) is 3.57. The Morgan fingerprint density at radius 1 is 1.09 bits per heavy atom. The average Bonchev–Trinajstić information content (AvgIpc) is 2.48. The topological polar surface area (TPSA) is 54.1 Å². The van der Waals surface area contributed by atoms with Gasteiger partial charge in [-0.3, -0.25) is 4.79 Å². The molecule has 0 radical (unpaired) electrons. The van der Waals surface area contributed by atoms with Gasteiger partial charge in [0.25, 0.3) is 0 Å². The van der Waals surface area contributed by atoms with Crippen LogP contribution in [0.15, 0.2) is 35.3 Å². The molecule has 4 heteroatoms. The molecule has 2 unspecified atom stereocenters. The molecule has 0 saturated heterocycles. The SMILES string of the molecule is COc1cc(C)c(C(C)NC(C)c2cc[nH]c(=O)c2)cc1C. The van der Waals surface area contributed by atoms with E-state index >= 15 is 0 Å². The number of pyridine rings is 1. The van der Waals surface area contributed by atoms with Crippen molar-refractivity contribution in [1.82, 2.24) is 10.3 Å². The highest BCUT2D eigenvalue weighted by atomic mass is 16.5. The molecule has 1 aromatic carbocycles. The molecule has 118 valence electrons. The van der Waals surface area contributed by atoms with E-state index < -0.39 is 0 Å². The van der Waals surface area contributed by atoms with Crippen LogP contribution < -0.4 is 15.6 Å². The number of hydrogen-bond donors (Lipinski definition) is 2. The summed E-state index contributed by atoms with van der Waals surface area (Å²) in [5.74, 6) is 0.913. The van der Waals surface area contributed by atoms with Gasteiger partial charge in [0.2, 0.25) is 5.56 Å². The molecule has 2 aromatic rings. The highest BCUT2D eigenvalue weighted by Crippen LogP contribution is 2.27. The molecule has 1 aromatic heterocycles. The predicted molar refractivity (Wildman–Crippen MR) is 89.5 cm³/mol. The van der Waals surface area contributed by atoms with E-state index in [9.17, 15) is 4.79 Å². The Morgan fingerprint density at radius 3 is 2.45 bits per heavy atom. The number of hydrogen-bond acceptors (Lipinski definition) is 3. The molecule has 2 atom stereocenters. The van der Waals surface area contributed by atoms with Crippen LogP contribution >= 0.6 is 0 Å². The van der Waals surface area contributed by atoms with Gasteiger partial charge in [-0.25, -0.2) is 0 Å². The van der Waals surface area contributed by atoms with Crippen molar-refractivity contribution >= 4 is 0 Å². The van der Waals surface area contributed by atoms with Crippen LogP contribution in [0.2, 0.25) is 0 Å². The molecule has 2 rings (SSSR count). The van der Waals surface area contributed by atoms with Crippen LogP contribution in [0.1, 0.15) is 48.2 Å². The standard InChI is InChI=1S/C18H24N2O2/c1-11-9-17(22-5)12(2)8-16(11)14(4)20-13(3)15-6-7-19-18(21)10-15/h6-10,13-14,20H,1-5H3,(H,19,21). The fourth-order valence-corrected chi connectivity index (χ4v) is 2.79. The Labute approximate surface area is 131 Å². The molecule has 0 spiro atoms. The van der Waals surface area contributed by atoms with Gasteiger partial charge in [-0.15, -0.1) is 0 Å². The van der Waals surface area contributed by atoms with Crippen molar-refractivity contribution in [3.8, 4) is 5.75 Å². The normalized spacial score (nSPS) is 13.7. The van der Waals surface area contributed by atoms with Crippen molar-refractivity contribution in [1.29, 1.82) is 0 Å². The van der Waals surface area contributed by atoms with Crippen LogP contribution in [0.4, 0.5) is 0 Å². The van der Waals surface area contributed by atoms with E-state index in [1.807, 2.05) is 6.07 Å². The van der Waals surface area contributed by atoms with Crippen LogP contribution in [0.5, 0.6) is 5.75 Å². The predicted octanol–water partition coefficient (Wildman–Crippen LogP) is 3.41. The van der Waals surface area contributed by atoms with E-state index in [4.69, 9.17) is 4.74 Å². The van der Waals surface area contributed by atoms with Crippen molar-refractivity contribution in [2.24, 2.45) is 0 Å². The van der Waals surface area contributed by atoms with Crippen LogP contribution in [0, 0.1) is 13.8 Å². The number of rotatable bonds is 5. The fraction of sp³-hybridized carbons (Fsp3) is 0.389. The Kier molecular flexibility index (Phi) is 5.03. The molecule has 0 saturated carbocycles. The summed E-state index contributed by atoms with van der Waals surface area (Å²) in [6.07, 6.45) is 1.68. The second-order valence-electron chi connectivity index (χ2n) is 5.77. The minimum Gasteiger partial charge on any atom is -0.496 e. The van der Waals surface area contributed by atoms with Gasteiger partial charge in [-0.1, -0.05) is 6.07 Å². The summed E-state index contributed by atoms with van der Waals surface area (Å²) in [5.41, 5.74) is 4.48. The molecule has 4 nitrogen and oxygen atoms in total. The van der Waals surface area contributed by atoms with E-state index in [2.05, 4.69) is 50.1 Å². The maximum atomic E-state index is 11.4. The lowest BCUT2D eigenvalue weighted by Crippen LogP contribution is -2.24. The maximum Gasteiger partial charge on any atom is 0.248 e. The number of aryl methyl sites for hydroxylation is 2. The van der Waals surface area contributed by atoms with Gasteiger partial charge in [-0.2, -0.15) is 0 Å². The first-order valence-electron chi connectivity index (χ1n) is 7.52. The first-order valence-corrected chi connectivity index (χ1v) is 7.52. The van der Waals surface area contributed by atoms with E-state index in [-0.39, 0.29) is 17.6 Å². The molecule has 0 aliphatic carbocycles. The molecule has 22 heavy (non-hydrogen) atoms. The van der Waals surface area contributed by atoms with Gasteiger partial charge in [0.1, 0.15) is 5.75 Å². The summed E-state index contributed by atoms with van der Waals surface area (Å²) in [6.45, 7) is 8.34. The molecular weight excluding hydrogens is 276 g/mol. The lowest BCUT2D eigenvalue weighted by Gasteiger charge is -2.23. The van der Waals surface area contributed by atoms with Crippen LogP contribution in [0.25, 0.3) is 0 Å². The Hall–Kier alpha value is -2.07. The number of aromatic amines is 1.